The maximum Gasteiger partial charge on any atom is 0.0760 e. The highest BCUT2D eigenvalue weighted by molar-refractivity contribution is 5.09. The van der Waals surface area contributed by atoms with Crippen LogP contribution in [0.5, 0.6) is 0 Å². The molecule has 0 aromatic carbocycles. The third-order valence-electron chi connectivity index (χ3n) is 4.48. The van der Waals surface area contributed by atoms with Gasteiger partial charge in [0.25, 0.3) is 0 Å². The Kier molecular flexibility index (Phi) is 4.61. The second-order valence-electron chi connectivity index (χ2n) is 6.53. The van der Waals surface area contributed by atoms with Gasteiger partial charge in [-0.2, -0.15) is 0 Å². The zero-order valence-corrected chi connectivity index (χ0v) is 12.6. The largest absolute Gasteiger partial charge is 0.322 e. The van der Waals surface area contributed by atoms with Crippen LogP contribution in [0.1, 0.15) is 71.0 Å². The highest BCUT2D eigenvalue weighted by atomic mass is 15.4. The molecule has 0 aliphatic heterocycles. The van der Waals surface area contributed by atoms with Crippen LogP contribution in [0.4, 0.5) is 0 Å². The van der Waals surface area contributed by atoms with Gasteiger partial charge in [0, 0.05) is 6.54 Å². The predicted octanol–water partition coefficient (Wildman–Crippen LogP) is 3.29. The molecule has 1 atom stereocenters. The zero-order valence-electron chi connectivity index (χ0n) is 12.6. The summed E-state index contributed by atoms with van der Waals surface area (Å²) in [4.78, 5) is 0. The van der Waals surface area contributed by atoms with Gasteiger partial charge in [-0.3, -0.25) is 0 Å². The summed E-state index contributed by atoms with van der Waals surface area (Å²) in [6.45, 7) is 7.68. The van der Waals surface area contributed by atoms with Gasteiger partial charge in [0.05, 0.1) is 17.9 Å². The molecule has 1 unspecified atom stereocenters. The number of rotatable bonds is 6. The SMILES string of the molecule is CCCn1nncc1C(N)C1(CC(C)C)CCCC1. The van der Waals surface area contributed by atoms with Crippen molar-refractivity contribution in [2.45, 2.75) is 71.9 Å². The van der Waals surface area contributed by atoms with E-state index in [1.807, 2.05) is 10.9 Å². The Hall–Kier alpha value is -0.900. The van der Waals surface area contributed by atoms with E-state index in [0.29, 0.717) is 5.92 Å². The monoisotopic (exact) mass is 264 g/mol. The first-order valence-electron chi connectivity index (χ1n) is 7.73. The standard InChI is InChI=1S/C15H28N4/c1-4-9-19-13(11-17-18-19)14(16)15(10-12(2)3)7-5-6-8-15/h11-12,14H,4-10,16H2,1-3H3. The molecule has 4 heteroatoms. The summed E-state index contributed by atoms with van der Waals surface area (Å²) >= 11 is 0. The Balaban J connectivity index is 2.23. The maximum atomic E-state index is 6.66. The van der Waals surface area contributed by atoms with Gasteiger partial charge in [0.2, 0.25) is 0 Å². The summed E-state index contributed by atoms with van der Waals surface area (Å²) in [7, 11) is 0. The summed E-state index contributed by atoms with van der Waals surface area (Å²) in [5, 5.41) is 8.27. The number of nitrogens with two attached hydrogens (primary N) is 1. The second kappa shape index (κ2) is 6.04. The lowest BCUT2D eigenvalue weighted by Gasteiger charge is -2.36. The fourth-order valence-electron chi connectivity index (χ4n) is 3.74. The molecule has 2 N–H and O–H groups in total. The van der Waals surface area contributed by atoms with Gasteiger partial charge in [-0.1, -0.05) is 38.8 Å². The van der Waals surface area contributed by atoms with Gasteiger partial charge in [-0.15, -0.1) is 5.10 Å². The molecule has 2 rings (SSSR count). The number of hydrogen-bond acceptors (Lipinski definition) is 3. The molecule has 1 aliphatic carbocycles. The number of aryl methyl sites for hydroxylation is 1. The average molecular weight is 264 g/mol. The molecule has 0 saturated heterocycles. The molecule has 0 radical (unpaired) electrons. The van der Waals surface area contributed by atoms with E-state index in [9.17, 15) is 0 Å². The fraction of sp³-hybridized carbons (Fsp3) is 0.867. The van der Waals surface area contributed by atoms with Crippen molar-refractivity contribution in [2.75, 3.05) is 0 Å². The van der Waals surface area contributed by atoms with Crippen LogP contribution in [-0.4, -0.2) is 15.0 Å². The molecule has 1 aliphatic rings. The molecular weight excluding hydrogens is 236 g/mol. The van der Waals surface area contributed by atoms with E-state index in [2.05, 4.69) is 31.1 Å². The maximum absolute atomic E-state index is 6.66. The molecule has 19 heavy (non-hydrogen) atoms. The molecule has 1 heterocycles. The van der Waals surface area contributed by atoms with Crippen LogP contribution in [0.25, 0.3) is 0 Å². The Bertz CT molecular complexity index is 391. The third kappa shape index (κ3) is 2.99. The average Bonchev–Trinajstić information content (AvgIpc) is 2.98. The lowest BCUT2D eigenvalue weighted by atomic mass is 9.72. The third-order valence-corrected chi connectivity index (χ3v) is 4.48. The van der Waals surface area contributed by atoms with E-state index in [1.54, 1.807) is 0 Å². The molecule has 0 bridgehead atoms. The Labute approximate surface area is 116 Å². The number of aromatic nitrogens is 3. The molecule has 1 aromatic rings. The number of nitrogens with zero attached hydrogens (tertiary/aromatic N) is 3. The lowest BCUT2D eigenvalue weighted by Crippen LogP contribution is -2.35. The summed E-state index contributed by atoms with van der Waals surface area (Å²) in [6.07, 6.45) is 9.30. The molecule has 0 amide bonds. The van der Waals surface area contributed by atoms with Crippen molar-refractivity contribution in [3.05, 3.63) is 11.9 Å². The minimum atomic E-state index is 0.0824. The van der Waals surface area contributed by atoms with Gasteiger partial charge in [0.1, 0.15) is 0 Å². The molecule has 1 aromatic heterocycles. The Morgan fingerprint density at radius 3 is 2.63 bits per heavy atom. The van der Waals surface area contributed by atoms with Crippen LogP contribution >= 0.6 is 0 Å². The minimum Gasteiger partial charge on any atom is -0.322 e. The predicted molar refractivity (Wildman–Crippen MR) is 77.6 cm³/mol. The van der Waals surface area contributed by atoms with Crippen molar-refractivity contribution in [1.29, 1.82) is 0 Å². The van der Waals surface area contributed by atoms with E-state index in [1.165, 1.54) is 32.1 Å². The number of hydrogen-bond donors (Lipinski definition) is 1. The molecule has 1 fully saturated rings. The normalized spacial score (nSPS) is 20.1. The van der Waals surface area contributed by atoms with Crippen LogP contribution in [0.3, 0.4) is 0 Å². The topological polar surface area (TPSA) is 56.7 Å². The van der Waals surface area contributed by atoms with Crippen LogP contribution in [-0.2, 0) is 6.54 Å². The van der Waals surface area contributed by atoms with Gasteiger partial charge in [0.15, 0.2) is 0 Å². The zero-order chi connectivity index (χ0) is 13.9. The highest BCUT2D eigenvalue weighted by Gasteiger charge is 2.41. The van der Waals surface area contributed by atoms with Crippen molar-refractivity contribution in [3.63, 3.8) is 0 Å². The summed E-state index contributed by atoms with van der Waals surface area (Å²) < 4.78 is 2.01. The molecule has 4 nitrogen and oxygen atoms in total. The first kappa shape index (κ1) is 14.5. The van der Waals surface area contributed by atoms with Crippen molar-refractivity contribution < 1.29 is 0 Å². The molecule has 0 spiro atoms. The molecule has 1 saturated carbocycles. The van der Waals surface area contributed by atoms with Crippen LogP contribution in [0, 0.1) is 11.3 Å². The first-order chi connectivity index (χ1) is 9.09. The smallest absolute Gasteiger partial charge is 0.0760 e. The summed E-state index contributed by atoms with van der Waals surface area (Å²) in [5.41, 5.74) is 8.05. The van der Waals surface area contributed by atoms with Gasteiger partial charge >= 0.3 is 0 Å². The van der Waals surface area contributed by atoms with E-state index in [-0.39, 0.29) is 11.5 Å². The van der Waals surface area contributed by atoms with Crippen molar-refractivity contribution >= 4 is 0 Å². The van der Waals surface area contributed by atoms with Gasteiger partial charge in [-0.05, 0) is 37.0 Å². The quantitative estimate of drug-likeness (QED) is 0.857. The van der Waals surface area contributed by atoms with Gasteiger partial charge < -0.3 is 5.73 Å². The van der Waals surface area contributed by atoms with Crippen LogP contribution < -0.4 is 5.73 Å². The van der Waals surface area contributed by atoms with Crippen molar-refractivity contribution in [3.8, 4) is 0 Å². The van der Waals surface area contributed by atoms with E-state index in [0.717, 1.165) is 18.7 Å². The Morgan fingerprint density at radius 1 is 1.37 bits per heavy atom. The van der Waals surface area contributed by atoms with E-state index in [4.69, 9.17) is 5.73 Å². The summed E-state index contributed by atoms with van der Waals surface area (Å²) in [5.74, 6) is 0.694. The lowest BCUT2D eigenvalue weighted by molar-refractivity contribution is 0.176. The first-order valence-corrected chi connectivity index (χ1v) is 7.73. The van der Waals surface area contributed by atoms with Crippen molar-refractivity contribution in [1.82, 2.24) is 15.0 Å². The van der Waals surface area contributed by atoms with E-state index >= 15 is 0 Å². The van der Waals surface area contributed by atoms with Gasteiger partial charge in [-0.25, -0.2) is 4.68 Å². The molecular formula is C15H28N4. The minimum absolute atomic E-state index is 0.0824. The Morgan fingerprint density at radius 2 is 2.05 bits per heavy atom. The second-order valence-corrected chi connectivity index (χ2v) is 6.53. The van der Waals surface area contributed by atoms with Crippen LogP contribution in [0.15, 0.2) is 6.20 Å². The summed E-state index contributed by atoms with van der Waals surface area (Å²) in [6, 6.07) is 0.0824. The highest BCUT2D eigenvalue weighted by Crippen LogP contribution is 2.50. The van der Waals surface area contributed by atoms with Crippen molar-refractivity contribution in [2.24, 2.45) is 17.1 Å². The van der Waals surface area contributed by atoms with E-state index < -0.39 is 0 Å². The fourth-order valence-corrected chi connectivity index (χ4v) is 3.74. The van der Waals surface area contributed by atoms with Crippen LogP contribution in [0.2, 0.25) is 0 Å². The molecule has 108 valence electrons.